The SMILES string of the molecule is CCCC(F)(CN)Cc1cc(C)cc(C)c1. The predicted octanol–water partition coefficient (Wildman–Crippen LogP) is 3.31. The second kappa shape index (κ2) is 5.44. The fourth-order valence-electron chi connectivity index (χ4n) is 2.25. The van der Waals surface area contributed by atoms with Crippen molar-refractivity contribution in [1.29, 1.82) is 0 Å². The molecule has 1 aromatic carbocycles. The zero-order valence-corrected chi connectivity index (χ0v) is 10.5. The van der Waals surface area contributed by atoms with Crippen LogP contribution in [0.1, 0.15) is 36.5 Å². The van der Waals surface area contributed by atoms with Crippen LogP contribution in [0.2, 0.25) is 0 Å². The minimum absolute atomic E-state index is 0.105. The first-order valence-corrected chi connectivity index (χ1v) is 5.95. The van der Waals surface area contributed by atoms with Crippen LogP contribution in [0.5, 0.6) is 0 Å². The largest absolute Gasteiger partial charge is 0.328 e. The Morgan fingerprint density at radius 2 is 1.75 bits per heavy atom. The van der Waals surface area contributed by atoms with Gasteiger partial charge in [-0.05, 0) is 25.8 Å². The van der Waals surface area contributed by atoms with Gasteiger partial charge in [0.25, 0.3) is 0 Å². The van der Waals surface area contributed by atoms with Crippen molar-refractivity contribution in [3.8, 4) is 0 Å². The van der Waals surface area contributed by atoms with Gasteiger partial charge in [-0.15, -0.1) is 0 Å². The molecular formula is C14H22FN. The van der Waals surface area contributed by atoms with E-state index >= 15 is 0 Å². The number of hydrogen-bond acceptors (Lipinski definition) is 1. The molecule has 0 spiro atoms. The van der Waals surface area contributed by atoms with Crippen LogP contribution >= 0.6 is 0 Å². The number of benzene rings is 1. The van der Waals surface area contributed by atoms with E-state index < -0.39 is 5.67 Å². The number of halogens is 1. The highest BCUT2D eigenvalue weighted by Gasteiger charge is 2.27. The first-order valence-electron chi connectivity index (χ1n) is 5.95. The third-order valence-corrected chi connectivity index (χ3v) is 2.87. The molecule has 1 nitrogen and oxygen atoms in total. The maximum atomic E-state index is 14.3. The molecule has 2 N–H and O–H groups in total. The summed E-state index contributed by atoms with van der Waals surface area (Å²) in [7, 11) is 0. The maximum Gasteiger partial charge on any atom is 0.127 e. The number of aryl methyl sites for hydroxylation is 2. The lowest BCUT2D eigenvalue weighted by Gasteiger charge is -2.23. The van der Waals surface area contributed by atoms with Crippen LogP contribution < -0.4 is 5.73 Å². The number of nitrogens with two attached hydrogens (primary N) is 1. The van der Waals surface area contributed by atoms with Crippen molar-refractivity contribution in [1.82, 2.24) is 0 Å². The van der Waals surface area contributed by atoms with Gasteiger partial charge in [-0.2, -0.15) is 0 Å². The van der Waals surface area contributed by atoms with E-state index in [1.54, 1.807) is 0 Å². The van der Waals surface area contributed by atoms with Crippen LogP contribution in [0, 0.1) is 13.8 Å². The number of hydrogen-bond donors (Lipinski definition) is 1. The van der Waals surface area contributed by atoms with Gasteiger partial charge in [0.05, 0.1) is 0 Å². The minimum Gasteiger partial charge on any atom is -0.328 e. The van der Waals surface area contributed by atoms with Gasteiger partial charge in [-0.25, -0.2) is 4.39 Å². The molecular weight excluding hydrogens is 201 g/mol. The average molecular weight is 223 g/mol. The van der Waals surface area contributed by atoms with E-state index in [1.807, 2.05) is 32.9 Å². The van der Waals surface area contributed by atoms with E-state index in [4.69, 9.17) is 5.73 Å². The monoisotopic (exact) mass is 223 g/mol. The fourth-order valence-corrected chi connectivity index (χ4v) is 2.25. The lowest BCUT2D eigenvalue weighted by atomic mass is 9.90. The van der Waals surface area contributed by atoms with Crippen molar-refractivity contribution in [3.63, 3.8) is 0 Å². The van der Waals surface area contributed by atoms with Crippen molar-refractivity contribution in [2.24, 2.45) is 5.73 Å². The summed E-state index contributed by atoms with van der Waals surface area (Å²) in [5.74, 6) is 0. The molecule has 0 aliphatic carbocycles. The summed E-state index contributed by atoms with van der Waals surface area (Å²) < 4.78 is 14.3. The molecule has 1 rings (SSSR count). The Bertz CT molecular complexity index is 328. The summed E-state index contributed by atoms with van der Waals surface area (Å²) in [4.78, 5) is 0. The molecule has 0 radical (unpaired) electrons. The van der Waals surface area contributed by atoms with Crippen molar-refractivity contribution in [3.05, 3.63) is 34.9 Å². The predicted molar refractivity (Wildman–Crippen MR) is 67.4 cm³/mol. The number of rotatable bonds is 5. The van der Waals surface area contributed by atoms with E-state index in [0.717, 1.165) is 12.0 Å². The quantitative estimate of drug-likeness (QED) is 0.814. The van der Waals surface area contributed by atoms with E-state index in [1.165, 1.54) is 11.1 Å². The number of alkyl halides is 1. The minimum atomic E-state index is -1.24. The van der Waals surface area contributed by atoms with Gasteiger partial charge in [0.2, 0.25) is 0 Å². The molecule has 0 aliphatic rings. The van der Waals surface area contributed by atoms with Crippen molar-refractivity contribution < 1.29 is 4.39 Å². The molecule has 0 saturated carbocycles. The van der Waals surface area contributed by atoms with E-state index in [0.29, 0.717) is 12.8 Å². The molecule has 0 bridgehead atoms. The molecule has 1 unspecified atom stereocenters. The lowest BCUT2D eigenvalue weighted by Crippen LogP contribution is -2.35. The standard InChI is InChI=1S/C14H22FN/c1-4-5-14(15,10-16)9-13-7-11(2)6-12(3)8-13/h6-8H,4-5,9-10,16H2,1-3H3. The third-order valence-electron chi connectivity index (χ3n) is 2.87. The Morgan fingerprint density at radius 1 is 1.19 bits per heavy atom. The van der Waals surface area contributed by atoms with Crippen LogP contribution in [0.15, 0.2) is 18.2 Å². The summed E-state index contributed by atoms with van der Waals surface area (Å²) in [6.45, 7) is 6.18. The highest BCUT2D eigenvalue weighted by molar-refractivity contribution is 5.29. The Labute approximate surface area is 97.9 Å². The Balaban J connectivity index is 2.85. The van der Waals surface area contributed by atoms with Gasteiger partial charge >= 0.3 is 0 Å². The third kappa shape index (κ3) is 3.60. The van der Waals surface area contributed by atoms with E-state index in [9.17, 15) is 4.39 Å². The second-order valence-corrected chi connectivity index (χ2v) is 4.78. The van der Waals surface area contributed by atoms with Crippen molar-refractivity contribution in [2.75, 3.05) is 6.54 Å². The van der Waals surface area contributed by atoms with E-state index in [2.05, 4.69) is 6.07 Å². The zero-order valence-electron chi connectivity index (χ0n) is 10.5. The Morgan fingerprint density at radius 3 is 2.19 bits per heavy atom. The van der Waals surface area contributed by atoms with Crippen molar-refractivity contribution in [2.45, 2.75) is 45.7 Å². The van der Waals surface area contributed by atoms with Crippen LogP contribution in [0.3, 0.4) is 0 Å². The van der Waals surface area contributed by atoms with E-state index in [-0.39, 0.29) is 6.54 Å². The topological polar surface area (TPSA) is 26.0 Å². The van der Waals surface area contributed by atoms with Gasteiger partial charge in [-0.3, -0.25) is 0 Å². The summed E-state index contributed by atoms with van der Waals surface area (Å²) >= 11 is 0. The first kappa shape index (κ1) is 13.2. The van der Waals surface area contributed by atoms with Gasteiger partial charge < -0.3 is 5.73 Å². The molecule has 0 fully saturated rings. The summed E-state index contributed by atoms with van der Waals surface area (Å²) in [6.07, 6.45) is 1.80. The molecule has 1 aromatic rings. The molecule has 0 aromatic heterocycles. The molecule has 16 heavy (non-hydrogen) atoms. The molecule has 1 atom stereocenters. The summed E-state index contributed by atoms with van der Waals surface area (Å²) in [5.41, 5.74) is 7.73. The highest BCUT2D eigenvalue weighted by atomic mass is 19.1. The van der Waals surface area contributed by atoms with Gasteiger partial charge in [0, 0.05) is 13.0 Å². The zero-order chi connectivity index (χ0) is 12.2. The lowest BCUT2D eigenvalue weighted by molar-refractivity contribution is 0.158. The molecule has 0 aliphatic heterocycles. The van der Waals surface area contributed by atoms with Crippen LogP contribution in [-0.4, -0.2) is 12.2 Å². The summed E-state index contributed by atoms with van der Waals surface area (Å²) in [6, 6.07) is 6.20. The molecule has 0 saturated heterocycles. The van der Waals surface area contributed by atoms with Crippen LogP contribution in [0.25, 0.3) is 0 Å². The average Bonchev–Trinajstić information content (AvgIpc) is 2.16. The fraction of sp³-hybridized carbons (Fsp3) is 0.571. The molecule has 0 heterocycles. The Hall–Kier alpha value is -0.890. The Kier molecular flexibility index (Phi) is 4.48. The van der Waals surface area contributed by atoms with Crippen LogP contribution in [0.4, 0.5) is 4.39 Å². The van der Waals surface area contributed by atoms with Gasteiger partial charge in [0.15, 0.2) is 0 Å². The normalized spacial score (nSPS) is 14.8. The smallest absolute Gasteiger partial charge is 0.127 e. The summed E-state index contributed by atoms with van der Waals surface area (Å²) in [5, 5.41) is 0. The van der Waals surface area contributed by atoms with Gasteiger partial charge in [0.1, 0.15) is 5.67 Å². The first-order chi connectivity index (χ1) is 7.49. The van der Waals surface area contributed by atoms with Gasteiger partial charge in [-0.1, -0.05) is 42.7 Å². The second-order valence-electron chi connectivity index (χ2n) is 4.78. The maximum absolute atomic E-state index is 14.3. The molecule has 2 heteroatoms. The molecule has 0 amide bonds. The van der Waals surface area contributed by atoms with Crippen LogP contribution in [-0.2, 0) is 6.42 Å². The molecule has 90 valence electrons. The highest BCUT2D eigenvalue weighted by Crippen LogP contribution is 2.23. The van der Waals surface area contributed by atoms with Crippen molar-refractivity contribution >= 4 is 0 Å².